The van der Waals surface area contributed by atoms with E-state index in [1.165, 1.54) is 16.4 Å². The lowest BCUT2D eigenvalue weighted by atomic mass is 10.4. The second-order valence-corrected chi connectivity index (χ2v) is 6.65. The first-order chi connectivity index (χ1) is 7.51. The largest absolute Gasteiger partial charge is 0.267 e. The molecule has 0 N–H and O–H groups in total. The Balaban J connectivity index is 2.57. The van der Waals surface area contributed by atoms with Crippen LogP contribution in [0.4, 0.5) is 0 Å². The molecule has 84 valence electrons. The molecule has 0 spiro atoms. The van der Waals surface area contributed by atoms with E-state index in [1.807, 2.05) is 0 Å². The van der Waals surface area contributed by atoms with Crippen LogP contribution in [0.1, 0.15) is 0 Å². The highest BCUT2D eigenvalue weighted by Crippen LogP contribution is 2.26. The van der Waals surface area contributed by atoms with E-state index in [0.717, 1.165) is 4.47 Å². The maximum atomic E-state index is 12.1. The van der Waals surface area contributed by atoms with Crippen molar-refractivity contribution in [2.24, 2.45) is 0 Å². The van der Waals surface area contributed by atoms with Crippen molar-refractivity contribution in [2.45, 2.75) is 4.90 Å². The molecule has 3 nitrogen and oxygen atoms in total. The van der Waals surface area contributed by atoms with Crippen molar-refractivity contribution in [1.82, 2.24) is 3.97 Å². The molecule has 16 heavy (non-hydrogen) atoms. The van der Waals surface area contributed by atoms with Crippen LogP contribution in [-0.2, 0) is 10.0 Å². The summed E-state index contributed by atoms with van der Waals surface area (Å²) in [6, 6.07) is 8.17. The average molecular weight is 365 g/mol. The Hall–Kier alpha value is -0.590. The maximum absolute atomic E-state index is 12.1. The van der Waals surface area contributed by atoms with E-state index in [1.54, 1.807) is 30.3 Å². The number of aromatic nitrogens is 1. The molecule has 0 amide bonds. The molecule has 0 unspecified atom stereocenters. The summed E-state index contributed by atoms with van der Waals surface area (Å²) in [4.78, 5) is 0.249. The van der Waals surface area contributed by atoms with E-state index in [2.05, 4.69) is 31.9 Å². The zero-order valence-electron chi connectivity index (χ0n) is 7.97. The van der Waals surface area contributed by atoms with Crippen LogP contribution in [0.5, 0.6) is 0 Å². The van der Waals surface area contributed by atoms with Gasteiger partial charge in [-0.2, -0.15) is 0 Å². The molecule has 0 atom stereocenters. The van der Waals surface area contributed by atoms with Crippen molar-refractivity contribution in [3.8, 4) is 0 Å². The molecule has 0 saturated carbocycles. The first-order valence-electron chi connectivity index (χ1n) is 4.35. The van der Waals surface area contributed by atoms with Gasteiger partial charge in [0, 0.05) is 21.3 Å². The molecule has 1 aromatic heterocycles. The quantitative estimate of drug-likeness (QED) is 0.820. The topological polar surface area (TPSA) is 39.1 Å². The predicted octanol–water partition coefficient (Wildman–Crippen LogP) is 3.25. The Morgan fingerprint density at radius 3 is 2.19 bits per heavy atom. The summed E-state index contributed by atoms with van der Waals surface area (Å²) in [6.45, 7) is 0. The highest BCUT2D eigenvalue weighted by atomic mass is 79.9. The molecule has 1 heterocycles. The monoisotopic (exact) mass is 363 g/mol. The molecule has 0 aliphatic rings. The summed E-state index contributed by atoms with van der Waals surface area (Å²) in [5, 5.41) is 0. The molecule has 1 aromatic carbocycles. The number of nitrogens with zero attached hydrogens (tertiary/aromatic N) is 1. The minimum atomic E-state index is -3.47. The average Bonchev–Trinajstić information content (AvgIpc) is 2.75. The van der Waals surface area contributed by atoms with E-state index in [0.29, 0.717) is 4.47 Å². The normalized spacial score (nSPS) is 11.6. The fraction of sp³-hybridized carbons (Fsp3) is 0. The van der Waals surface area contributed by atoms with Gasteiger partial charge in [-0.1, -0.05) is 0 Å². The lowest BCUT2D eigenvalue weighted by molar-refractivity contribution is 0.587. The maximum Gasteiger partial charge on any atom is 0.267 e. The van der Waals surface area contributed by atoms with Crippen molar-refractivity contribution in [1.29, 1.82) is 0 Å². The third-order valence-electron chi connectivity index (χ3n) is 2.04. The second-order valence-electron chi connectivity index (χ2n) is 3.09. The zero-order chi connectivity index (χ0) is 11.8. The van der Waals surface area contributed by atoms with Crippen molar-refractivity contribution in [3.63, 3.8) is 0 Å². The minimum Gasteiger partial charge on any atom is -0.249 e. The summed E-state index contributed by atoms with van der Waals surface area (Å²) in [7, 11) is -3.47. The fourth-order valence-electron chi connectivity index (χ4n) is 1.24. The van der Waals surface area contributed by atoms with Crippen LogP contribution < -0.4 is 0 Å². The van der Waals surface area contributed by atoms with E-state index >= 15 is 0 Å². The second kappa shape index (κ2) is 4.35. The molecule has 0 fully saturated rings. The van der Waals surface area contributed by atoms with Crippen molar-refractivity contribution in [2.75, 3.05) is 0 Å². The minimum absolute atomic E-state index is 0.249. The lowest BCUT2D eigenvalue weighted by Crippen LogP contribution is -2.10. The van der Waals surface area contributed by atoms with Gasteiger partial charge in [0.25, 0.3) is 10.0 Å². The summed E-state index contributed by atoms with van der Waals surface area (Å²) < 4.78 is 26.9. The first-order valence-corrected chi connectivity index (χ1v) is 7.38. The van der Waals surface area contributed by atoms with E-state index in [-0.39, 0.29) is 4.90 Å². The fourth-order valence-corrected chi connectivity index (χ4v) is 3.23. The predicted molar refractivity (Wildman–Crippen MR) is 68.9 cm³/mol. The Bertz CT molecular complexity index is 606. The molecular weight excluding hydrogens is 358 g/mol. The van der Waals surface area contributed by atoms with E-state index in [9.17, 15) is 8.42 Å². The van der Waals surface area contributed by atoms with Gasteiger partial charge in [0.1, 0.15) is 0 Å². The van der Waals surface area contributed by atoms with Crippen LogP contribution in [0.15, 0.2) is 56.6 Å². The molecule has 0 aliphatic carbocycles. The summed E-state index contributed by atoms with van der Waals surface area (Å²) >= 11 is 6.58. The van der Waals surface area contributed by atoms with Gasteiger partial charge in [0.2, 0.25) is 0 Å². The van der Waals surface area contributed by atoms with Gasteiger partial charge in [0.15, 0.2) is 0 Å². The Morgan fingerprint density at radius 2 is 1.62 bits per heavy atom. The number of hydrogen-bond donors (Lipinski definition) is 0. The van der Waals surface area contributed by atoms with E-state index in [4.69, 9.17) is 0 Å². The molecule has 2 aromatic rings. The Labute approximate surface area is 110 Å². The molecule has 0 saturated heterocycles. The van der Waals surface area contributed by atoms with Crippen molar-refractivity contribution >= 4 is 41.9 Å². The van der Waals surface area contributed by atoms with Crippen LogP contribution in [0.25, 0.3) is 0 Å². The number of benzene rings is 1. The summed E-state index contributed by atoms with van der Waals surface area (Å²) in [5.74, 6) is 0. The van der Waals surface area contributed by atoms with Gasteiger partial charge in [-0.25, -0.2) is 12.4 Å². The van der Waals surface area contributed by atoms with Gasteiger partial charge in [-0.15, -0.1) is 0 Å². The first kappa shape index (κ1) is 11.9. The van der Waals surface area contributed by atoms with Gasteiger partial charge in [-0.3, -0.25) is 0 Å². The Kier molecular flexibility index (Phi) is 3.23. The van der Waals surface area contributed by atoms with Crippen LogP contribution in [0.3, 0.4) is 0 Å². The molecule has 6 heteroatoms. The van der Waals surface area contributed by atoms with Gasteiger partial charge in [-0.05, 0) is 62.2 Å². The highest BCUT2D eigenvalue weighted by molar-refractivity contribution is 9.13. The summed E-state index contributed by atoms with van der Waals surface area (Å²) in [5.41, 5.74) is 0. The third-order valence-corrected chi connectivity index (χ3v) is 5.57. The highest BCUT2D eigenvalue weighted by Gasteiger charge is 2.16. The smallest absolute Gasteiger partial charge is 0.249 e. The third kappa shape index (κ3) is 2.09. The number of hydrogen-bond acceptors (Lipinski definition) is 2. The van der Waals surface area contributed by atoms with Gasteiger partial charge in [0.05, 0.1) is 4.90 Å². The summed E-state index contributed by atoms with van der Waals surface area (Å²) in [6.07, 6.45) is 3.01. The molecule has 0 aliphatic heterocycles. The van der Waals surface area contributed by atoms with Crippen LogP contribution in [0, 0.1) is 0 Å². The standard InChI is InChI=1S/C10H7Br2NO2S/c11-9-4-3-8(7-10(9)12)16(14,15)13-5-1-2-6-13/h1-7H. The molecule has 0 bridgehead atoms. The molecular formula is C10H7Br2NO2S. The molecule has 2 rings (SSSR count). The van der Waals surface area contributed by atoms with E-state index < -0.39 is 10.0 Å². The molecule has 0 radical (unpaired) electrons. The van der Waals surface area contributed by atoms with Crippen LogP contribution >= 0.6 is 31.9 Å². The Morgan fingerprint density at radius 1 is 1.00 bits per heavy atom. The lowest BCUT2D eigenvalue weighted by Gasteiger charge is -2.06. The number of halogens is 2. The van der Waals surface area contributed by atoms with Crippen molar-refractivity contribution < 1.29 is 8.42 Å². The SMILES string of the molecule is O=S(=O)(c1ccc(Br)c(Br)c1)n1cccc1. The van der Waals surface area contributed by atoms with Crippen LogP contribution in [0.2, 0.25) is 0 Å². The van der Waals surface area contributed by atoms with Gasteiger partial charge >= 0.3 is 0 Å². The zero-order valence-corrected chi connectivity index (χ0v) is 12.0. The van der Waals surface area contributed by atoms with Crippen molar-refractivity contribution in [3.05, 3.63) is 51.7 Å². The van der Waals surface area contributed by atoms with Crippen LogP contribution in [-0.4, -0.2) is 12.4 Å². The van der Waals surface area contributed by atoms with Gasteiger partial charge < -0.3 is 0 Å². The number of rotatable bonds is 2.